The molecule has 6 nitrogen and oxygen atoms in total. The van der Waals surface area contributed by atoms with Crippen LogP contribution in [0.1, 0.15) is 17.0 Å². The molecule has 8 heteroatoms. The molecule has 0 radical (unpaired) electrons. The molecule has 0 aliphatic carbocycles. The van der Waals surface area contributed by atoms with Gasteiger partial charge in [-0.2, -0.15) is 4.98 Å². The Morgan fingerprint density at radius 3 is 2.70 bits per heavy atom. The van der Waals surface area contributed by atoms with Gasteiger partial charge in [0.1, 0.15) is 5.82 Å². The van der Waals surface area contributed by atoms with Crippen LogP contribution in [0.25, 0.3) is 21.5 Å². The lowest BCUT2D eigenvalue weighted by Crippen LogP contribution is -2.11. The average molecular weight is 439 g/mol. The van der Waals surface area contributed by atoms with Gasteiger partial charge in [0.25, 0.3) is 0 Å². The second-order valence-electron chi connectivity index (χ2n) is 7.03. The van der Waals surface area contributed by atoms with E-state index in [-0.39, 0.29) is 5.95 Å². The van der Waals surface area contributed by atoms with Gasteiger partial charge in [-0.3, -0.25) is 0 Å². The van der Waals surface area contributed by atoms with Gasteiger partial charge in [-0.15, -0.1) is 11.3 Å². The van der Waals surface area contributed by atoms with Gasteiger partial charge in [0.15, 0.2) is 0 Å². The Labute approximate surface area is 184 Å². The van der Waals surface area contributed by atoms with E-state index in [1.807, 2.05) is 38.1 Å². The van der Waals surface area contributed by atoms with Crippen LogP contribution in [0.4, 0.5) is 17.5 Å². The van der Waals surface area contributed by atoms with E-state index in [1.165, 1.54) is 4.70 Å². The van der Waals surface area contributed by atoms with Gasteiger partial charge in [0, 0.05) is 35.4 Å². The van der Waals surface area contributed by atoms with Crippen molar-refractivity contribution >= 4 is 50.6 Å². The third-order valence-corrected chi connectivity index (χ3v) is 6.11. The van der Waals surface area contributed by atoms with Crippen molar-refractivity contribution in [2.24, 2.45) is 0 Å². The number of nitrogen functional groups attached to an aromatic ring is 1. The number of anilines is 3. The standard InChI is InChI=1S/C22H23ClN6S/c1-13-16(5-3-6-17(13)23)19-12-21(29-22(24)28-19)26-10-4-9-25-15-7-8-18-20(11-15)30-14(2)27-18/h3,5-8,11-12,25H,4,9-10H2,1-2H3,(H3,24,26,28,29). The fourth-order valence-electron chi connectivity index (χ4n) is 3.27. The van der Waals surface area contributed by atoms with Gasteiger partial charge in [-0.05, 0) is 50.1 Å². The van der Waals surface area contributed by atoms with Crippen LogP contribution in [-0.2, 0) is 0 Å². The predicted octanol–water partition coefficient (Wildman–Crippen LogP) is 5.52. The number of fused-ring (bicyclic) bond motifs is 1. The first-order chi connectivity index (χ1) is 14.5. The fourth-order valence-corrected chi connectivity index (χ4v) is 4.31. The number of nitrogens with zero attached hydrogens (tertiary/aromatic N) is 3. The third kappa shape index (κ3) is 4.63. The molecule has 2 aromatic heterocycles. The van der Waals surface area contributed by atoms with Crippen LogP contribution in [0, 0.1) is 13.8 Å². The third-order valence-electron chi connectivity index (χ3n) is 4.77. The van der Waals surface area contributed by atoms with E-state index in [0.29, 0.717) is 10.8 Å². The summed E-state index contributed by atoms with van der Waals surface area (Å²) in [4.78, 5) is 13.2. The predicted molar refractivity (Wildman–Crippen MR) is 128 cm³/mol. The van der Waals surface area contributed by atoms with E-state index in [0.717, 1.165) is 52.5 Å². The van der Waals surface area contributed by atoms with Crippen molar-refractivity contribution in [3.63, 3.8) is 0 Å². The van der Waals surface area contributed by atoms with E-state index < -0.39 is 0 Å². The SMILES string of the molecule is Cc1nc2ccc(NCCCNc3cc(-c4cccc(Cl)c4C)nc(N)n3)cc2s1. The molecule has 4 N–H and O–H groups in total. The molecule has 4 rings (SSSR count). The number of hydrogen-bond acceptors (Lipinski definition) is 7. The van der Waals surface area contributed by atoms with Gasteiger partial charge in [-0.25, -0.2) is 9.97 Å². The minimum atomic E-state index is 0.237. The molecule has 0 aliphatic rings. The van der Waals surface area contributed by atoms with Crippen LogP contribution >= 0.6 is 22.9 Å². The Kier molecular flexibility index (Phi) is 6.01. The lowest BCUT2D eigenvalue weighted by Gasteiger charge is -2.11. The molecule has 30 heavy (non-hydrogen) atoms. The molecule has 0 atom stereocenters. The number of hydrogen-bond donors (Lipinski definition) is 3. The molecule has 0 spiro atoms. The molecule has 0 aliphatic heterocycles. The van der Waals surface area contributed by atoms with Gasteiger partial charge in [0.2, 0.25) is 5.95 Å². The zero-order chi connectivity index (χ0) is 21.1. The smallest absolute Gasteiger partial charge is 0.222 e. The van der Waals surface area contributed by atoms with E-state index in [1.54, 1.807) is 11.3 Å². The number of nitrogens with one attached hydrogen (secondary N) is 2. The van der Waals surface area contributed by atoms with E-state index in [4.69, 9.17) is 17.3 Å². The van der Waals surface area contributed by atoms with E-state index in [9.17, 15) is 0 Å². The highest BCUT2D eigenvalue weighted by Crippen LogP contribution is 2.28. The van der Waals surface area contributed by atoms with Crippen LogP contribution in [0.15, 0.2) is 42.5 Å². The Bertz CT molecular complexity index is 1190. The van der Waals surface area contributed by atoms with Gasteiger partial charge < -0.3 is 16.4 Å². The number of aryl methyl sites for hydroxylation is 1. The maximum atomic E-state index is 6.25. The van der Waals surface area contributed by atoms with Gasteiger partial charge in [-0.1, -0.05) is 23.7 Å². The first-order valence-electron chi connectivity index (χ1n) is 9.74. The van der Waals surface area contributed by atoms with Crippen molar-refractivity contribution in [2.45, 2.75) is 20.3 Å². The number of halogens is 1. The number of aromatic nitrogens is 3. The summed E-state index contributed by atoms with van der Waals surface area (Å²) in [5.74, 6) is 0.944. The maximum absolute atomic E-state index is 6.25. The summed E-state index contributed by atoms with van der Waals surface area (Å²) in [5.41, 5.74) is 10.8. The monoisotopic (exact) mass is 438 g/mol. The van der Waals surface area contributed by atoms with Crippen LogP contribution in [0.5, 0.6) is 0 Å². The zero-order valence-corrected chi connectivity index (χ0v) is 18.4. The molecular weight excluding hydrogens is 416 g/mol. The fraction of sp³-hybridized carbons (Fsp3) is 0.227. The highest BCUT2D eigenvalue weighted by molar-refractivity contribution is 7.18. The summed E-state index contributed by atoms with van der Waals surface area (Å²) in [6.07, 6.45) is 0.926. The summed E-state index contributed by atoms with van der Waals surface area (Å²) in [6.45, 7) is 5.61. The van der Waals surface area contributed by atoms with Crippen molar-refractivity contribution in [1.82, 2.24) is 15.0 Å². The van der Waals surface area contributed by atoms with E-state index in [2.05, 4.69) is 43.8 Å². The molecule has 154 valence electrons. The van der Waals surface area contributed by atoms with Crippen molar-refractivity contribution in [3.8, 4) is 11.3 Å². The summed E-state index contributed by atoms with van der Waals surface area (Å²) in [5, 5.41) is 8.59. The van der Waals surface area contributed by atoms with E-state index >= 15 is 0 Å². The average Bonchev–Trinajstić information content (AvgIpc) is 3.08. The number of rotatable bonds is 7. The highest BCUT2D eigenvalue weighted by atomic mass is 35.5. The van der Waals surface area contributed by atoms with Crippen molar-refractivity contribution < 1.29 is 0 Å². The molecule has 0 bridgehead atoms. The summed E-state index contributed by atoms with van der Waals surface area (Å²) >= 11 is 7.96. The first-order valence-corrected chi connectivity index (χ1v) is 10.9. The number of thiazole rings is 1. The minimum absolute atomic E-state index is 0.237. The summed E-state index contributed by atoms with van der Waals surface area (Å²) in [6, 6.07) is 13.9. The molecular formula is C22H23ClN6S. The summed E-state index contributed by atoms with van der Waals surface area (Å²) in [7, 11) is 0. The van der Waals surface area contributed by atoms with Crippen LogP contribution in [0.2, 0.25) is 5.02 Å². The molecule has 2 aromatic carbocycles. The Balaban J connectivity index is 1.34. The number of benzene rings is 2. The van der Waals surface area contributed by atoms with Gasteiger partial charge >= 0.3 is 0 Å². The summed E-state index contributed by atoms with van der Waals surface area (Å²) < 4.78 is 1.20. The maximum Gasteiger partial charge on any atom is 0.222 e. The topological polar surface area (TPSA) is 88.8 Å². The zero-order valence-electron chi connectivity index (χ0n) is 16.9. The Morgan fingerprint density at radius 1 is 1.00 bits per heavy atom. The normalized spacial score (nSPS) is 11.0. The van der Waals surface area contributed by atoms with Crippen molar-refractivity contribution in [1.29, 1.82) is 0 Å². The molecule has 0 fully saturated rings. The van der Waals surface area contributed by atoms with Crippen molar-refractivity contribution in [3.05, 3.63) is 58.1 Å². The molecule has 2 heterocycles. The molecule has 0 amide bonds. The quantitative estimate of drug-likeness (QED) is 0.329. The van der Waals surface area contributed by atoms with Crippen LogP contribution < -0.4 is 16.4 Å². The lowest BCUT2D eigenvalue weighted by molar-refractivity contribution is 0.903. The molecule has 0 unspecified atom stereocenters. The van der Waals surface area contributed by atoms with Gasteiger partial charge in [0.05, 0.1) is 20.9 Å². The second kappa shape index (κ2) is 8.85. The minimum Gasteiger partial charge on any atom is -0.385 e. The largest absolute Gasteiger partial charge is 0.385 e. The van der Waals surface area contributed by atoms with Crippen molar-refractivity contribution in [2.75, 3.05) is 29.5 Å². The Morgan fingerprint density at radius 2 is 1.83 bits per heavy atom. The molecule has 0 saturated carbocycles. The number of nitrogens with two attached hydrogens (primary N) is 1. The molecule has 4 aromatic rings. The first kappa shape index (κ1) is 20.4. The molecule has 0 saturated heterocycles. The lowest BCUT2D eigenvalue weighted by atomic mass is 10.1. The second-order valence-corrected chi connectivity index (χ2v) is 8.67. The van der Waals surface area contributed by atoms with Crippen LogP contribution in [-0.4, -0.2) is 28.0 Å². The van der Waals surface area contributed by atoms with Crippen LogP contribution in [0.3, 0.4) is 0 Å². The Hall–Kier alpha value is -2.90. The highest BCUT2D eigenvalue weighted by Gasteiger charge is 2.09.